The highest BCUT2D eigenvalue weighted by molar-refractivity contribution is 5.93. The highest BCUT2D eigenvalue weighted by Crippen LogP contribution is 2.25. The third-order valence-electron chi connectivity index (χ3n) is 4.30. The maximum Gasteiger partial charge on any atom is 0.319 e. The second-order valence-corrected chi connectivity index (χ2v) is 6.27. The van der Waals surface area contributed by atoms with E-state index in [1.54, 1.807) is 0 Å². The van der Waals surface area contributed by atoms with Crippen LogP contribution in [-0.2, 0) is 4.79 Å². The maximum atomic E-state index is 12.2. The summed E-state index contributed by atoms with van der Waals surface area (Å²) in [5.41, 5.74) is 1.51. The van der Waals surface area contributed by atoms with Crippen LogP contribution in [0.4, 0.5) is 16.2 Å². The number of nitrogens with one attached hydrogen (secondary N) is 3. The predicted octanol–water partition coefficient (Wildman–Crippen LogP) is 3.49. The highest BCUT2D eigenvalue weighted by atomic mass is 16.2. The first kappa shape index (κ1) is 14.9. The minimum Gasteiger partial charge on any atom is -0.335 e. The number of hydrogen-bond acceptors (Lipinski definition) is 2. The molecule has 1 aromatic carbocycles. The lowest BCUT2D eigenvalue weighted by molar-refractivity contribution is -0.120. The number of benzene rings is 1. The Balaban J connectivity index is 1.49. The molecule has 3 N–H and O–H groups in total. The molecule has 0 bridgehead atoms. The van der Waals surface area contributed by atoms with Gasteiger partial charge in [0.05, 0.1) is 0 Å². The summed E-state index contributed by atoms with van der Waals surface area (Å²) >= 11 is 0. The van der Waals surface area contributed by atoms with Gasteiger partial charge in [-0.2, -0.15) is 0 Å². The Bertz CT molecular complexity index is 531. The summed E-state index contributed by atoms with van der Waals surface area (Å²) in [6.45, 7) is 0. The topological polar surface area (TPSA) is 70.2 Å². The van der Waals surface area contributed by atoms with E-state index in [9.17, 15) is 9.59 Å². The standard InChI is InChI=1S/C17H23N3O2/c21-16(12-4-2-1-3-5-12)18-13-6-8-14(9-7-13)19-17(22)20-15-10-11-15/h6-9,12,15H,1-5,10-11H2,(H,18,21)(H2,19,20,22). The number of anilines is 2. The molecule has 2 saturated carbocycles. The van der Waals surface area contributed by atoms with Crippen LogP contribution in [0, 0.1) is 5.92 Å². The van der Waals surface area contributed by atoms with Crippen LogP contribution in [0.5, 0.6) is 0 Å². The van der Waals surface area contributed by atoms with Gasteiger partial charge in [-0.3, -0.25) is 4.79 Å². The number of amides is 3. The Morgan fingerprint density at radius 2 is 1.41 bits per heavy atom. The molecule has 0 aliphatic heterocycles. The van der Waals surface area contributed by atoms with Crippen molar-refractivity contribution in [2.45, 2.75) is 51.0 Å². The van der Waals surface area contributed by atoms with Gasteiger partial charge in [0.2, 0.25) is 5.91 Å². The van der Waals surface area contributed by atoms with Crippen LogP contribution in [0.1, 0.15) is 44.9 Å². The van der Waals surface area contributed by atoms with Gasteiger partial charge in [0.1, 0.15) is 0 Å². The molecule has 2 aliphatic carbocycles. The molecule has 0 aromatic heterocycles. The average molecular weight is 301 g/mol. The van der Waals surface area contributed by atoms with E-state index >= 15 is 0 Å². The largest absolute Gasteiger partial charge is 0.335 e. The summed E-state index contributed by atoms with van der Waals surface area (Å²) in [7, 11) is 0. The van der Waals surface area contributed by atoms with Gasteiger partial charge in [-0.25, -0.2) is 4.79 Å². The van der Waals surface area contributed by atoms with Crippen molar-refractivity contribution in [2.24, 2.45) is 5.92 Å². The van der Waals surface area contributed by atoms with Crippen molar-refractivity contribution < 1.29 is 9.59 Å². The summed E-state index contributed by atoms with van der Waals surface area (Å²) in [6, 6.07) is 7.45. The molecule has 5 nitrogen and oxygen atoms in total. The third-order valence-corrected chi connectivity index (χ3v) is 4.30. The van der Waals surface area contributed by atoms with Gasteiger partial charge in [0.25, 0.3) is 0 Å². The summed E-state index contributed by atoms with van der Waals surface area (Å²) in [5, 5.41) is 8.63. The van der Waals surface area contributed by atoms with Gasteiger partial charge < -0.3 is 16.0 Å². The van der Waals surface area contributed by atoms with E-state index in [-0.39, 0.29) is 17.9 Å². The zero-order valence-corrected chi connectivity index (χ0v) is 12.7. The molecule has 0 radical (unpaired) electrons. The predicted molar refractivity (Wildman–Crippen MR) is 86.8 cm³/mol. The molecule has 2 fully saturated rings. The number of carbonyl (C=O) groups is 2. The maximum absolute atomic E-state index is 12.2. The van der Waals surface area contributed by atoms with E-state index in [0.717, 1.165) is 49.9 Å². The molecular formula is C17H23N3O2. The van der Waals surface area contributed by atoms with E-state index in [1.165, 1.54) is 6.42 Å². The monoisotopic (exact) mass is 301 g/mol. The van der Waals surface area contributed by atoms with Gasteiger partial charge in [-0.15, -0.1) is 0 Å². The first-order valence-corrected chi connectivity index (χ1v) is 8.19. The Hall–Kier alpha value is -2.04. The molecule has 0 spiro atoms. The molecule has 118 valence electrons. The normalized spacial score (nSPS) is 18.5. The van der Waals surface area contributed by atoms with Crippen LogP contribution in [0.25, 0.3) is 0 Å². The average Bonchev–Trinajstić information content (AvgIpc) is 3.34. The van der Waals surface area contributed by atoms with Crippen LogP contribution >= 0.6 is 0 Å². The lowest BCUT2D eigenvalue weighted by Gasteiger charge is -2.20. The summed E-state index contributed by atoms with van der Waals surface area (Å²) < 4.78 is 0. The van der Waals surface area contributed by atoms with Crippen molar-refractivity contribution in [1.29, 1.82) is 0 Å². The smallest absolute Gasteiger partial charge is 0.319 e. The first-order chi connectivity index (χ1) is 10.7. The fourth-order valence-corrected chi connectivity index (χ4v) is 2.83. The van der Waals surface area contributed by atoms with E-state index in [4.69, 9.17) is 0 Å². The van der Waals surface area contributed by atoms with Crippen molar-refractivity contribution in [3.05, 3.63) is 24.3 Å². The fraction of sp³-hybridized carbons (Fsp3) is 0.529. The number of rotatable bonds is 4. The second-order valence-electron chi connectivity index (χ2n) is 6.27. The molecule has 2 aliphatic rings. The Kier molecular flexibility index (Phi) is 4.61. The minimum atomic E-state index is -0.165. The van der Waals surface area contributed by atoms with Gasteiger partial charge in [0, 0.05) is 23.3 Å². The van der Waals surface area contributed by atoms with Gasteiger partial charge in [-0.1, -0.05) is 19.3 Å². The molecular weight excluding hydrogens is 278 g/mol. The van der Waals surface area contributed by atoms with Crippen molar-refractivity contribution in [3.8, 4) is 0 Å². The third kappa shape index (κ3) is 4.23. The van der Waals surface area contributed by atoms with Crippen molar-refractivity contribution in [1.82, 2.24) is 5.32 Å². The molecule has 22 heavy (non-hydrogen) atoms. The molecule has 0 heterocycles. The van der Waals surface area contributed by atoms with E-state index in [2.05, 4.69) is 16.0 Å². The van der Waals surface area contributed by atoms with Crippen molar-refractivity contribution in [2.75, 3.05) is 10.6 Å². The van der Waals surface area contributed by atoms with E-state index in [0.29, 0.717) is 6.04 Å². The first-order valence-electron chi connectivity index (χ1n) is 8.19. The van der Waals surface area contributed by atoms with E-state index in [1.807, 2.05) is 24.3 Å². The van der Waals surface area contributed by atoms with Gasteiger partial charge in [-0.05, 0) is 49.9 Å². The summed E-state index contributed by atoms with van der Waals surface area (Å²) in [5.74, 6) is 0.266. The Morgan fingerprint density at radius 3 is 2.00 bits per heavy atom. The Labute approximate surface area is 130 Å². The quantitative estimate of drug-likeness (QED) is 0.796. The SMILES string of the molecule is O=C(Nc1ccc(NC(=O)C2CCCCC2)cc1)NC1CC1. The Morgan fingerprint density at radius 1 is 0.818 bits per heavy atom. The van der Waals surface area contributed by atoms with Crippen LogP contribution in [0.15, 0.2) is 24.3 Å². The molecule has 0 saturated heterocycles. The van der Waals surface area contributed by atoms with Crippen LogP contribution < -0.4 is 16.0 Å². The summed E-state index contributed by atoms with van der Waals surface area (Å²) in [6.07, 6.45) is 7.67. The highest BCUT2D eigenvalue weighted by Gasteiger charge is 2.23. The zero-order chi connectivity index (χ0) is 15.4. The lowest BCUT2D eigenvalue weighted by Crippen LogP contribution is -2.30. The number of urea groups is 1. The van der Waals surface area contributed by atoms with Crippen LogP contribution in [-0.4, -0.2) is 18.0 Å². The molecule has 5 heteroatoms. The second kappa shape index (κ2) is 6.81. The molecule has 3 rings (SSSR count). The minimum absolute atomic E-state index is 0.117. The summed E-state index contributed by atoms with van der Waals surface area (Å²) in [4.78, 5) is 23.8. The van der Waals surface area contributed by atoms with Gasteiger partial charge >= 0.3 is 6.03 Å². The number of hydrogen-bond donors (Lipinski definition) is 3. The lowest BCUT2D eigenvalue weighted by atomic mass is 9.88. The molecule has 3 amide bonds. The fourth-order valence-electron chi connectivity index (χ4n) is 2.83. The number of carbonyl (C=O) groups excluding carboxylic acids is 2. The molecule has 0 unspecified atom stereocenters. The van der Waals surface area contributed by atoms with Crippen molar-refractivity contribution >= 4 is 23.3 Å². The van der Waals surface area contributed by atoms with Gasteiger partial charge in [0.15, 0.2) is 0 Å². The van der Waals surface area contributed by atoms with Crippen molar-refractivity contribution in [3.63, 3.8) is 0 Å². The zero-order valence-electron chi connectivity index (χ0n) is 12.7. The van der Waals surface area contributed by atoms with Crippen LogP contribution in [0.2, 0.25) is 0 Å². The van der Waals surface area contributed by atoms with E-state index < -0.39 is 0 Å². The molecule has 0 atom stereocenters. The van der Waals surface area contributed by atoms with Crippen LogP contribution in [0.3, 0.4) is 0 Å². The molecule has 1 aromatic rings.